The zero-order valence-corrected chi connectivity index (χ0v) is 8.58. The molecule has 15 heavy (non-hydrogen) atoms. The Bertz CT molecular complexity index is 327. The van der Waals surface area contributed by atoms with Crippen molar-refractivity contribution in [3.05, 3.63) is 0 Å². The van der Waals surface area contributed by atoms with Crippen LogP contribution in [0.5, 0.6) is 0 Å². The monoisotopic (exact) mass is 210 g/mol. The Balaban J connectivity index is 1.86. The molecule has 4 heterocycles. The Labute approximate surface area is 87.9 Å². The molecule has 0 aromatic carbocycles. The topological polar surface area (TPSA) is 52.6 Å². The van der Waals surface area contributed by atoms with E-state index < -0.39 is 0 Å². The van der Waals surface area contributed by atoms with Crippen LogP contribution in [-0.2, 0) is 19.1 Å². The summed E-state index contributed by atoms with van der Waals surface area (Å²) in [6.07, 6.45) is 3.66. The van der Waals surface area contributed by atoms with Gasteiger partial charge in [-0.2, -0.15) is 0 Å². The van der Waals surface area contributed by atoms with Gasteiger partial charge in [-0.15, -0.1) is 0 Å². The molecule has 2 bridgehead atoms. The van der Waals surface area contributed by atoms with Crippen LogP contribution in [0.1, 0.15) is 32.1 Å². The van der Waals surface area contributed by atoms with E-state index in [0.717, 1.165) is 25.7 Å². The van der Waals surface area contributed by atoms with Crippen LogP contribution in [0.4, 0.5) is 0 Å². The molecule has 0 radical (unpaired) electrons. The first-order chi connectivity index (χ1) is 7.14. The van der Waals surface area contributed by atoms with Crippen molar-refractivity contribution in [3.63, 3.8) is 0 Å². The summed E-state index contributed by atoms with van der Waals surface area (Å²) in [4.78, 5) is 22.9. The lowest BCUT2D eigenvalue weighted by atomic mass is 9.50. The van der Waals surface area contributed by atoms with E-state index in [0.29, 0.717) is 19.6 Å². The van der Waals surface area contributed by atoms with Crippen LogP contribution in [0.25, 0.3) is 0 Å². The van der Waals surface area contributed by atoms with Crippen LogP contribution in [0.15, 0.2) is 0 Å². The maximum atomic E-state index is 11.7. The quantitative estimate of drug-likeness (QED) is 0.560. The standard InChI is InChI=1S/C11H14O4/c12-8-2-1-3-11-4-10(5-11,6-14-8)7-15-9(11)13/h1-7H2. The summed E-state index contributed by atoms with van der Waals surface area (Å²) >= 11 is 0. The Morgan fingerprint density at radius 1 is 1.07 bits per heavy atom. The van der Waals surface area contributed by atoms with Crippen molar-refractivity contribution in [1.82, 2.24) is 0 Å². The van der Waals surface area contributed by atoms with E-state index in [1.165, 1.54) is 0 Å². The third-order valence-electron chi connectivity index (χ3n) is 3.94. The van der Waals surface area contributed by atoms with Crippen molar-refractivity contribution in [1.29, 1.82) is 0 Å². The number of rotatable bonds is 0. The third kappa shape index (κ3) is 1.20. The highest BCUT2D eigenvalue weighted by molar-refractivity contribution is 5.80. The number of ether oxygens (including phenoxy) is 2. The van der Waals surface area contributed by atoms with Gasteiger partial charge in [-0.1, -0.05) is 0 Å². The molecule has 0 unspecified atom stereocenters. The molecular weight excluding hydrogens is 196 g/mol. The number of hydrogen-bond donors (Lipinski definition) is 0. The molecule has 0 amide bonds. The van der Waals surface area contributed by atoms with Crippen LogP contribution in [-0.4, -0.2) is 25.2 Å². The predicted octanol–water partition coefficient (Wildman–Crippen LogP) is 1.04. The molecular formula is C11H14O4. The second-order valence-electron chi connectivity index (χ2n) is 5.22. The smallest absolute Gasteiger partial charge is 0.312 e. The van der Waals surface area contributed by atoms with Gasteiger partial charge in [-0.25, -0.2) is 0 Å². The van der Waals surface area contributed by atoms with Crippen molar-refractivity contribution >= 4 is 11.9 Å². The summed E-state index contributed by atoms with van der Waals surface area (Å²) in [5, 5.41) is 0. The summed E-state index contributed by atoms with van der Waals surface area (Å²) < 4.78 is 10.4. The number of carbonyl (C=O) groups is 2. The minimum atomic E-state index is -0.272. The molecule has 0 N–H and O–H groups in total. The van der Waals surface area contributed by atoms with E-state index in [1.54, 1.807) is 0 Å². The van der Waals surface area contributed by atoms with E-state index in [4.69, 9.17) is 9.47 Å². The molecule has 0 spiro atoms. The lowest BCUT2D eigenvalue weighted by molar-refractivity contribution is -0.216. The highest BCUT2D eigenvalue weighted by Gasteiger charge is 2.64. The fraction of sp³-hybridized carbons (Fsp3) is 0.818. The average Bonchev–Trinajstić information content (AvgIpc) is 2.25. The lowest BCUT2D eigenvalue weighted by Gasteiger charge is -2.57. The van der Waals surface area contributed by atoms with Gasteiger partial charge in [0.15, 0.2) is 0 Å². The van der Waals surface area contributed by atoms with Crippen LogP contribution in [0, 0.1) is 10.8 Å². The molecule has 4 nitrogen and oxygen atoms in total. The molecule has 4 saturated heterocycles. The lowest BCUT2D eigenvalue weighted by Crippen LogP contribution is -2.60. The second kappa shape index (κ2) is 2.74. The largest absolute Gasteiger partial charge is 0.465 e. The van der Waals surface area contributed by atoms with Crippen molar-refractivity contribution < 1.29 is 19.1 Å². The van der Waals surface area contributed by atoms with E-state index >= 15 is 0 Å². The molecule has 0 atom stereocenters. The third-order valence-corrected chi connectivity index (χ3v) is 3.94. The molecule has 82 valence electrons. The normalized spacial score (nSPS) is 44.0. The Morgan fingerprint density at radius 3 is 2.60 bits per heavy atom. The summed E-state index contributed by atoms with van der Waals surface area (Å²) in [7, 11) is 0. The van der Waals surface area contributed by atoms with Crippen molar-refractivity contribution in [3.8, 4) is 0 Å². The van der Waals surface area contributed by atoms with Crippen molar-refractivity contribution in [2.24, 2.45) is 10.8 Å². The molecule has 0 aromatic rings. The first-order valence-electron chi connectivity index (χ1n) is 5.47. The fourth-order valence-electron chi connectivity index (χ4n) is 3.30. The zero-order chi connectivity index (χ0) is 10.5. The Hall–Kier alpha value is -1.06. The first-order valence-corrected chi connectivity index (χ1v) is 5.47. The van der Waals surface area contributed by atoms with E-state index in [2.05, 4.69) is 0 Å². The Morgan fingerprint density at radius 2 is 1.80 bits per heavy atom. The molecule has 5 aliphatic rings. The van der Waals surface area contributed by atoms with Gasteiger partial charge < -0.3 is 9.47 Å². The van der Waals surface area contributed by atoms with Crippen LogP contribution >= 0.6 is 0 Å². The van der Waals surface area contributed by atoms with Crippen LogP contribution in [0.2, 0.25) is 0 Å². The minimum absolute atomic E-state index is 0.0477. The average molecular weight is 210 g/mol. The molecule has 4 heteroatoms. The van der Waals surface area contributed by atoms with E-state index in [9.17, 15) is 9.59 Å². The molecule has 0 aromatic heterocycles. The molecule has 1 saturated carbocycles. The van der Waals surface area contributed by atoms with E-state index in [1.807, 2.05) is 0 Å². The van der Waals surface area contributed by atoms with Gasteiger partial charge in [0, 0.05) is 11.8 Å². The Kier molecular flexibility index (Phi) is 1.68. The minimum Gasteiger partial charge on any atom is -0.465 e. The fourth-order valence-corrected chi connectivity index (χ4v) is 3.30. The van der Waals surface area contributed by atoms with Crippen molar-refractivity contribution in [2.75, 3.05) is 13.2 Å². The number of hydrogen-bond acceptors (Lipinski definition) is 4. The van der Waals surface area contributed by atoms with E-state index in [-0.39, 0.29) is 22.8 Å². The van der Waals surface area contributed by atoms with Gasteiger partial charge in [0.2, 0.25) is 0 Å². The number of fused-ring (bicyclic) bond motifs is 7. The maximum Gasteiger partial charge on any atom is 0.312 e. The first kappa shape index (κ1) is 9.19. The van der Waals surface area contributed by atoms with Gasteiger partial charge in [0.1, 0.15) is 13.2 Å². The van der Waals surface area contributed by atoms with Gasteiger partial charge >= 0.3 is 11.9 Å². The molecule has 5 fully saturated rings. The highest BCUT2D eigenvalue weighted by Crippen LogP contribution is 2.61. The number of esters is 2. The van der Waals surface area contributed by atoms with Crippen LogP contribution < -0.4 is 0 Å². The second-order valence-corrected chi connectivity index (χ2v) is 5.22. The molecule has 5 rings (SSSR count). The number of carbonyl (C=O) groups excluding carboxylic acids is 2. The van der Waals surface area contributed by atoms with Gasteiger partial charge in [-0.3, -0.25) is 9.59 Å². The highest BCUT2D eigenvalue weighted by atomic mass is 16.6. The van der Waals surface area contributed by atoms with Gasteiger partial charge in [0.25, 0.3) is 0 Å². The van der Waals surface area contributed by atoms with Crippen LogP contribution in [0.3, 0.4) is 0 Å². The van der Waals surface area contributed by atoms with Crippen molar-refractivity contribution in [2.45, 2.75) is 32.1 Å². The predicted molar refractivity (Wildman–Crippen MR) is 49.9 cm³/mol. The van der Waals surface area contributed by atoms with Gasteiger partial charge in [0.05, 0.1) is 5.41 Å². The molecule has 1 aliphatic carbocycles. The summed E-state index contributed by atoms with van der Waals surface area (Å²) in [6.45, 7) is 0.863. The SMILES string of the molecule is O=C1CCCC23CC(CO1)(COC2=O)C3. The summed E-state index contributed by atoms with van der Waals surface area (Å²) in [6, 6.07) is 0. The summed E-state index contributed by atoms with van der Waals surface area (Å²) in [5.41, 5.74) is -0.319. The zero-order valence-electron chi connectivity index (χ0n) is 8.58. The maximum absolute atomic E-state index is 11.7. The molecule has 4 aliphatic heterocycles. The summed E-state index contributed by atoms with van der Waals surface area (Å²) in [5.74, 6) is -0.190. The van der Waals surface area contributed by atoms with Gasteiger partial charge in [-0.05, 0) is 25.7 Å².